The Labute approximate surface area is 97.3 Å². The summed E-state index contributed by atoms with van der Waals surface area (Å²) in [6, 6.07) is 10.1. The van der Waals surface area contributed by atoms with Crippen LogP contribution in [0.4, 0.5) is 0 Å². The molecule has 3 atom stereocenters. The number of aliphatic hydroxyl groups excluding tert-OH is 1. The van der Waals surface area contributed by atoms with Crippen molar-refractivity contribution in [2.75, 3.05) is 6.61 Å². The van der Waals surface area contributed by atoms with Crippen LogP contribution < -0.4 is 0 Å². The minimum absolute atomic E-state index is 0.135. The van der Waals surface area contributed by atoms with Gasteiger partial charge in [0.05, 0.1) is 18.8 Å². The van der Waals surface area contributed by atoms with Gasteiger partial charge in [-0.2, -0.15) is 0 Å². The van der Waals surface area contributed by atoms with Crippen molar-refractivity contribution in [2.24, 2.45) is 5.92 Å². The van der Waals surface area contributed by atoms with Gasteiger partial charge in [0.2, 0.25) is 0 Å². The van der Waals surface area contributed by atoms with Crippen LogP contribution in [0.3, 0.4) is 0 Å². The molecule has 0 saturated carbocycles. The Kier molecular flexibility index (Phi) is 3.62. The third-order valence-corrected chi connectivity index (χ3v) is 3.40. The number of rotatable bonds is 2. The first-order valence-corrected chi connectivity index (χ1v) is 6.03. The lowest BCUT2D eigenvalue weighted by Gasteiger charge is -2.35. The Morgan fingerprint density at radius 1 is 1.25 bits per heavy atom. The van der Waals surface area contributed by atoms with Gasteiger partial charge in [-0.1, -0.05) is 44.2 Å². The summed E-state index contributed by atoms with van der Waals surface area (Å²) in [6.07, 6.45) is 0.676. The van der Waals surface area contributed by atoms with Crippen LogP contribution in [0.25, 0.3) is 0 Å². The molecule has 2 rings (SSSR count). The second-order valence-electron chi connectivity index (χ2n) is 4.94. The molecule has 2 nitrogen and oxygen atoms in total. The first kappa shape index (κ1) is 11.6. The van der Waals surface area contributed by atoms with Crippen molar-refractivity contribution in [1.82, 2.24) is 0 Å². The van der Waals surface area contributed by atoms with Crippen LogP contribution in [0.2, 0.25) is 0 Å². The highest BCUT2D eigenvalue weighted by atomic mass is 16.5. The van der Waals surface area contributed by atoms with Crippen LogP contribution in [0.15, 0.2) is 30.3 Å². The summed E-state index contributed by atoms with van der Waals surface area (Å²) in [6.45, 7) is 4.91. The molecule has 88 valence electrons. The summed E-state index contributed by atoms with van der Waals surface area (Å²) in [4.78, 5) is 0. The molecule has 1 aliphatic heterocycles. The molecule has 0 aromatic heterocycles. The second-order valence-corrected chi connectivity index (χ2v) is 4.94. The lowest BCUT2D eigenvalue weighted by molar-refractivity contribution is -0.0770. The van der Waals surface area contributed by atoms with E-state index in [1.54, 1.807) is 0 Å². The van der Waals surface area contributed by atoms with E-state index in [1.165, 1.54) is 5.56 Å². The van der Waals surface area contributed by atoms with E-state index < -0.39 is 0 Å². The quantitative estimate of drug-likeness (QED) is 0.830. The third kappa shape index (κ3) is 2.45. The molecule has 0 spiro atoms. The Bertz CT molecular complexity index is 321. The smallest absolute Gasteiger partial charge is 0.0655 e. The molecule has 0 amide bonds. The molecule has 1 saturated heterocycles. The molecule has 0 aliphatic carbocycles. The lowest BCUT2D eigenvalue weighted by Crippen LogP contribution is -2.38. The SMILES string of the molecule is CC(C)[C@@H]1C[C@@H](O)[C@@H](c2ccccc2)CO1. The maximum atomic E-state index is 10.2. The van der Waals surface area contributed by atoms with Gasteiger partial charge in [0.15, 0.2) is 0 Å². The van der Waals surface area contributed by atoms with Crippen LogP contribution in [0.1, 0.15) is 31.7 Å². The van der Waals surface area contributed by atoms with Crippen molar-refractivity contribution in [3.63, 3.8) is 0 Å². The molecule has 1 heterocycles. The number of hydrogen-bond acceptors (Lipinski definition) is 2. The summed E-state index contributed by atoms with van der Waals surface area (Å²) in [5.74, 6) is 0.613. The summed E-state index contributed by atoms with van der Waals surface area (Å²) in [5.41, 5.74) is 1.18. The minimum atomic E-state index is -0.274. The highest BCUT2D eigenvalue weighted by molar-refractivity contribution is 5.21. The molecular formula is C14H20O2. The van der Waals surface area contributed by atoms with Gasteiger partial charge in [-0.15, -0.1) is 0 Å². The molecular weight excluding hydrogens is 200 g/mol. The van der Waals surface area contributed by atoms with E-state index in [0.717, 1.165) is 6.42 Å². The number of aliphatic hydroxyl groups is 1. The van der Waals surface area contributed by atoms with Crippen LogP contribution in [-0.2, 0) is 4.74 Å². The van der Waals surface area contributed by atoms with Crippen LogP contribution in [-0.4, -0.2) is 23.9 Å². The lowest BCUT2D eigenvalue weighted by atomic mass is 9.86. The average Bonchev–Trinajstić information content (AvgIpc) is 2.30. The fourth-order valence-corrected chi connectivity index (χ4v) is 2.29. The Hall–Kier alpha value is -0.860. The van der Waals surface area contributed by atoms with Gasteiger partial charge in [0, 0.05) is 12.3 Å². The zero-order chi connectivity index (χ0) is 11.5. The van der Waals surface area contributed by atoms with E-state index in [1.807, 2.05) is 18.2 Å². The van der Waals surface area contributed by atoms with Crippen LogP contribution in [0, 0.1) is 5.92 Å². The Balaban J connectivity index is 2.05. The summed E-state index contributed by atoms with van der Waals surface area (Å²) in [5, 5.41) is 10.2. The molecule has 1 fully saturated rings. The zero-order valence-electron chi connectivity index (χ0n) is 9.97. The van der Waals surface area contributed by atoms with Gasteiger partial charge in [-0.3, -0.25) is 0 Å². The maximum Gasteiger partial charge on any atom is 0.0655 e. The highest BCUT2D eigenvalue weighted by Gasteiger charge is 2.31. The normalized spacial score (nSPS) is 30.6. The molecule has 1 N–H and O–H groups in total. The van der Waals surface area contributed by atoms with E-state index in [9.17, 15) is 5.11 Å². The summed E-state index contributed by atoms with van der Waals surface area (Å²) < 4.78 is 5.82. The van der Waals surface area contributed by atoms with Crippen LogP contribution >= 0.6 is 0 Å². The Morgan fingerprint density at radius 3 is 2.50 bits per heavy atom. The van der Waals surface area contributed by atoms with Crippen molar-refractivity contribution in [3.05, 3.63) is 35.9 Å². The van der Waals surface area contributed by atoms with Crippen molar-refractivity contribution < 1.29 is 9.84 Å². The average molecular weight is 220 g/mol. The van der Waals surface area contributed by atoms with Gasteiger partial charge >= 0.3 is 0 Å². The highest BCUT2D eigenvalue weighted by Crippen LogP contribution is 2.30. The molecule has 0 bridgehead atoms. The monoisotopic (exact) mass is 220 g/mol. The van der Waals surface area contributed by atoms with Crippen molar-refractivity contribution >= 4 is 0 Å². The van der Waals surface area contributed by atoms with Gasteiger partial charge in [-0.05, 0) is 11.5 Å². The topological polar surface area (TPSA) is 29.5 Å². The molecule has 1 aliphatic rings. The van der Waals surface area contributed by atoms with Crippen molar-refractivity contribution in [3.8, 4) is 0 Å². The molecule has 1 aromatic rings. The zero-order valence-corrected chi connectivity index (χ0v) is 9.97. The third-order valence-electron chi connectivity index (χ3n) is 3.40. The summed E-state index contributed by atoms with van der Waals surface area (Å²) in [7, 11) is 0. The van der Waals surface area contributed by atoms with Gasteiger partial charge in [0.1, 0.15) is 0 Å². The van der Waals surface area contributed by atoms with E-state index in [-0.39, 0.29) is 18.1 Å². The van der Waals surface area contributed by atoms with E-state index in [4.69, 9.17) is 4.74 Å². The van der Waals surface area contributed by atoms with E-state index >= 15 is 0 Å². The molecule has 1 aromatic carbocycles. The largest absolute Gasteiger partial charge is 0.392 e. The number of hydrogen-bond donors (Lipinski definition) is 1. The Morgan fingerprint density at radius 2 is 1.94 bits per heavy atom. The van der Waals surface area contributed by atoms with E-state index in [2.05, 4.69) is 26.0 Å². The van der Waals surface area contributed by atoms with Gasteiger partial charge in [0.25, 0.3) is 0 Å². The fraction of sp³-hybridized carbons (Fsp3) is 0.571. The fourth-order valence-electron chi connectivity index (χ4n) is 2.29. The minimum Gasteiger partial charge on any atom is -0.392 e. The van der Waals surface area contributed by atoms with Gasteiger partial charge in [-0.25, -0.2) is 0 Å². The van der Waals surface area contributed by atoms with Crippen LogP contribution in [0.5, 0.6) is 0 Å². The summed E-state index contributed by atoms with van der Waals surface area (Å²) >= 11 is 0. The number of benzene rings is 1. The van der Waals surface area contributed by atoms with Gasteiger partial charge < -0.3 is 9.84 Å². The predicted octanol–water partition coefficient (Wildman–Crippen LogP) is 2.58. The first-order valence-electron chi connectivity index (χ1n) is 6.03. The molecule has 2 heteroatoms. The first-order chi connectivity index (χ1) is 7.68. The molecule has 0 unspecified atom stereocenters. The number of ether oxygens (including phenoxy) is 1. The standard InChI is InChI=1S/C14H20O2/c1-10(2)14-8-13(15)12(9-16-14)11-6-4-3-5-7-11/h3-7,10,12-15H,8-9H2,1-2H3/t12-,13-,14+/m1/s1. The van der Waals surface area contributed by atoms with Crippen molar-refractivity contribution in [2.45, 2.75) is 38.4 Å². The predicted molar refractivity (Wildman–Crippen MR) is 64.4 cm³/mol. The molecule has 0 radical (unpaired) electrons. The van der Waals surface area contributed by atoms with Crippen molar-refractivity contribution in [1.29, 1.82) is 0 Å². The second kappa shape index (κ2) is 4.98. The maximum absolute atomic E-state index is 10.2. The molecule has 16 heavy (non-hydrogen) atoms. The van der Waals surface area contributed by atoms with E-state index in [0.29, 0.717) is 12.5 Å².